The number of aromatic nitrogens is 1. The van der Waals surface area contributed by atoms with E-state index in [1.807, 2.05) is 0 Å². The van der Waals surface area contributed by atoms with Crippen LogP contribution < -0.4 is 5.32 Å². The highest BCUT2D eigenvalue weighted by molar-refractivity contribution is 6.32. The van der Waals surface area contributed by atoms with Crippen molar-refractivity contribution in [2.24, 2.45) is 0 Å². The molecule has 1 aromatic carbocycles. The Bertz CT molecular complexity index is 692. The highest BCUT2D eigenvalue weighted by atomic mass is 35.5. The molecule has 0 unspecified atom stereocenters. The molecule has 0 radical (unpaired) electrons. The number of esters is 1. The first-order valence-electron chi connectivity index (χ1n) is 6.85. The van der Waals surface area contributed by atoms with Gasteiger partial charge < -0.3 is 10.1 Å². The second-order valence-corrected chi connectivity index (χ2v) is 5.04. The Balaban J connectivity index is 1.72. The Hall–Kier alpha value is -2.47. The maximum absolute atomic E-state index is 12.8. The normalized spacial score (nSPS) is 10.2. The topological polar surface area (TPSA) is 68.3 Å². The third-order valence-corrected chi connectivity index (χ3v) is 3.23. The molecule has 0 spiro atoms. The summed E-state index contributed by atoms with van der Waals surface area (Å²) in [5.74, 6) is -1.35. The van der Waals surface area contributed by atoms with Crippen molar-refractivity contribution in [1.82, 2.24) is 4.98 Å². The van der Waals surface area contributed by atoms with Crippen LogP contribution in [0, 0.1) is 5.82 Å². The van der Waals surface area contributed by atoms with Gasteiger partial charge >= 0.3 is 5.97 Å². The third-order valence-electron chi connectivity index (χ3n) is 2.93. The molecule has 0 aliphatic heterocycles. The molecule has 2 aromatic rings. The fourth-order valence-electron chi connectivity index (χ4n) is 1.78. The van der Waals surface area contributed by atoms with Gasteiger partial charge in [-0.25, -0.2) is 9.37 Å². The van der Waals surface area contributed by atoms with Crippen molar-refractivity contribution in [3.63, 3.8) is 0 Å². The fourth-order valence-corrected chi connectivity index (χ4v) is 1.95. The quantitative estimate of drug-likeness (QED) is 0.650. The van der Waals surface area contributed by atoms with Gasteiger partial charge in [-0.05, 0) is 36.2 Å². The minimum Gasteiger partial charge on any atom is -0.456 e. The molecule has 2 rings (SSSR count). The van der Waals surface area contributed by atoms with Crippen LogP contribution in [0.15, 0.2) is 42.6 Å². The van der Waals surface area contributed by atoms with Gasteiger partial charge in [0.2, 0.25) is 0 Å². The third kappa shape index (κ3) is 5.67. The van der Waals surface area contributed by atoms with Crippen molar-refractivity contribution in [2.45, 2.75) is 12.8 Å². The summed E-state index contributed by atoms with van der Waals surface area (Å²) in [5.41, 5.74) is 1.16. The first-order chi connectivity index (χ1) is 11.0. The lowest BCUT2D eigenvalue weighted by atomic mass is 10.1. The van der Waals surface area contributed by atoms with E-state index in [4.69, 9.17) is 16.3 Å². The summed E-state index contributed by atoms with van der Waals surface area (Å²) in [4.78, 5) is 27.1. The van der Waals surface area contributed by atoms with Gasteiger partial charge in [0.25, 0.3) is 5.91 Å². The van der Waals surface area contributed by atoms with E-state index in [2.05, 4.69) is 10.3 Å². The number of carbonyl (C=O) groups excluding carboxylic acids is 2. The maximum Gasteiger partial charge on any atom is 0.306 e. The van der Waals surface area contributed by atoms with E-state index >= 15 is 0 Å². The largest absolute Gasteiger partial charge is 0.456 e. The number of anilines is 1. The molecule has 5 nitrogen and oxygen atoms in total. The van der Waals surface area contributed by atoms with Crippen LogP contribution in [-0.2, 0) is 20.7 Å². The second kappa shape index (κ2) is 8.24. The van der Waals surface area contributed by atoms with Crippen molar-refractivity contribution in [2.75, 3.05) is 11.9 Å². The highest BCUT2D eigenvalue weighted by Gasteiger charge is 2.10. The van der Waals surface area contributed by atoms with Gasteiger partial charge in [0.1, 0.15) is 5.82 Å². The van der Waals surface area contributed by atoms with Gasteiger partial charge in [-0.2, -0.15) is 0 Å². The molecule has 0 aliphatic carbocycles. The lowest BCUT2D eigenvalue weighted by Crippen LogP contribution is -2.21. The number of pyridine rings is 1. The van der Waals surface area contributed by atoms with E-state index in [0.717, 1.165) is 5.56 Å². The van der Waals surface area contributed by atoms with Crippen molar-refractivity contribution >= 4 is 29.2 Å². The van der Waals surface area contributed by atoms with Gasteiger partial charge in [0, 0.05) is 12.6 Å². The summed E-state index contributed by atoms with van der Waals surface area (Å²) >= 11 is 5.80. The van der Waals surface area contributed by atoms with Crippen LogP contribution in [0.1, 0.15) is 12.0 Å². The first kappa shape index (κ1) is 16.9. The molecule has 0 bridgehead atoms. The molecular weight excluding hydrogens is 323 g/mol. The van der Waals surface area contributed by atoms with E-state index in [1.165, 1.54) is 18.3 Å². The average molecular weight is 337 g/mol. The SMILES string of the molecule is O=C(COC(=O)CCc1ccc(F)cc1)Nc1cccnc1Cl. The zero-order chi connectivity index (χ0) is 16.7. The number of nitrogens with zero attached hydrogens (tertiary/aromatic N) is 1. The summed E-state index contributed by atoms with van der Waals surface area (Å²) in [6, 6.07) is 9.05. The molecule has 7 heteroatoms. The van der Waals surface area contributed by atoms with Gasteiger partial charge in [0.15, 0.2) is 11.8 Å². The van der Waals surface area contributed by atoms with Crippen LogP contribution in [-0.4, -0.2) is 23.5 Å². The lowest BCUT2D eigenvalue weighted by Gasteiger charge is -2.07. The van der Waals surface area contributed by atoms with E-state index in [-0.39, 0.29) is 17.4 Å². The smallest absolute Gasteiger partial charge is 0.306 e. The van der Waals surface area contributed by atoms with E-state index in [0.29, 0.717) is 12.1 Å². The minimum absolute atomic E-state index is 0.104. The van der Waals surface area contributed by atoms with Crippen LogP contribution in [0.4, 0.5) is 10.1 Å². The zero-order valence-corrected chi connectivity index (χ0v) is 12.8. The molecule has 0 aliphatic rings. The van der Waals surface area contributed by atoms with Gasteiger partial charge in [0.05, 0.1) is 5.69 Å². The van der Waals surface area contributed by atoms with Crippen molar-refractivity contribution < 1.29 is 18.7 Å². The number of halogens is 2. The van der Waals surface area contributed by atoms with Crippen LogP contribution >= 0.6 is 11.6 Å². The Morgan fingerprint density at radius 3 is 2.65 bits per heavy atom. The standard InChI is InChI=1S/C16H14ClFN2O3/c17-16-13(2-1-9-19-16)20-14(21)10-23-15(22)8-5-11-3-6-12(18)7-4-11/h1-4,6-7,9H,5,8,10H2,(H,20,21). The van der Waals surface area contributed by atoms with Gasteiger partial charge in [-0.1, -0.05) is 23.7 Å². The summed E-state index contributed by atoms with van der Waals surface area (Å²) in [7, 11) is 0. The summed E-state index contributed by atoms with van der Waals surface area (Å²) in [6.45, 7) is -0.409. The van der Waals surface area contributed by atoms with E-state index in [9.17, 15) is 14.0 Å². The molecule has 1 aromatic heterocycles. The van der Waals surface area contributed by atoms with E-state index < -0.39 is 18.5 Å². The Labute approximate surface area is 137 Å². The molecular formula is C16H14ClFN2O3. The van der Waals surface area contributed by atoms with E-state index in [1.54, 1.807) is 24.3 Å². The lowest BCUT2D eigenvalue weighted by molar-refractivity contribution is -0.147. The maximum atomic E-state index is 12.8. The molecule has 23 heavy (non-hydrogen) atoms. The molecule has 1 N–H and O–H groups in total. The Morgan fingerprint density at radius 2 is 1.96 bits per heavy atom. The van der Waals surface area contributed by atoms with Gasteiger partial charge in [-0.3, -0.25) is 9.59 Å². The fraction of sp³-hybridized carbons (Fsp3) is 0.188. The number of amides is 1. The molecule has 0 fully saturated rings. The predicted octanol–water partition coefficient (Wildman–Crippen LogP) is 2.99. The van der Waals surface area contributed by atoms with Crippen LogP contribution in [0.3, 0.4) is 0 Å². The second-order valence-electron chi connectivity index (χ2n) is 4.68. The van der Waals surface area contributed by atoms with Gasteiger partial charge in [-0.15, -0.1) is 0 Å². The molecule has 1 amide bonds. The van der Waals surface area contributed by atoms with Crippen molar-refractivity contribution in [1.29, 1.82) is 0 Å². The molecule has 1 heterocycles. The minimum atomic E-state index is -0.512. The van der Waals surface area contributed by atoms with Crippen LogP contribution in [0.2, 0.25) is 5.15 Å². The van der Waals surface area contributed by atoms with Crippen LogP contribution in [0.5, 0.6) is 0 Å². The highest BCUT2D eigenvalue weighted by Crippen LogP contribution is 2.17. The van der Waals surface area contributed by atoms with Crippen LogP contribution in [0.25, 0.3) is 0 Å². The first-order valence-corrected chi connectivity index (χ1v) is 7.23. The number of hydrogen-bond donors (Lipinski definition) is 1. The summed E-state index contributed by atoms with van der Waals surface area (Å²) in [6.07, 6.45) is 2.01. The number of ether oxygens (including phenoxy) is 1. The van der Waals surface area contributed by atoms with Crippen molar-refractivity contribution in [3.8, 4) is 0 Å². The number of nitrogens with one attached hydrogen (secondary N) is 1. The molecule has 0 saturated heterocycles. The number of benzene rings is 1. The Kier molecular flexibility index (Phi) is 6.05. The number of carbonyl (C=O) groups is 2. The monoisotopic (exact) mass is 336 g/mol. The summed E-state index contributed by atoms with van der Waals surface area (Å²) < 4.78 is 17.6. The molecule has 0 saturated carbocycles. The average Bonchev–Trinajstić information content (AvgIpc) is 2.54. The van der Waals surface area contributed by atoms with Crippen molar-refractivity contribution in [3.05, 3.63) is 59.1 Å². The molecule has 120 valence electrons. The Morgan fingerprint density at radius 1 is 1.22 bits per heavy atom. The summed E-state index contributed by atoms with van der Waals surface area (Å²) in [5, 5.41) is 2.65. The predicted molar refractivity (Wildman–Crippen MR) is 83.6 cm³/mol. The zero-order valence-electron chi connectivity index (χ0n) is 12.1. The number of hydrogen-bond acceptors (Lipinski definition) is 4. The molecule has 0 atom stereocenters. The number of aryl methyl sites for hydroxylation is 1. The number of rotatable bonds is 6.